The monoisotopic (exact) mass is 369 g/mol. The molecule has 4 rings (SSSR count). The highest BCUT2D eigenvalue weighted by atomic mass is 16.5. The molecule has 0 radical (unpaired) electrons. The van der Waals surface area contributed by atoms with Gasteiger partial charge in [0.05, 0.1) is 12.6 Å². The molecule has 27 heavy (non-hydrogen) atoms. The summed E-state index contributed by atoms with van der Waals surface area (Å²) in [5.41, 5.74) is 3.99. The van der Waals surface area contributed by atoms with Gasteiger partial charge in [0.15, 0.2) is 0 Å². The Morgan fingerprint density at radius 3 is 2.67 bits per heavy atom. The van der Waals surface area contributed by atoms with Gasteiger partial charge in [-0.3, -0.25) is 9.69 Å². The smallest absolute Gasteiger partial charge is 0.222 e. The predicted octanol–water partition coefficient (Wildman–Crippen LogP) is 3.53. The summed E-state index contributed by atoms with van der Waals surface area (Å²) in [7, 11) is 3.96. The maximum absolute atomic E-state index is 12.5. The molecule has 0 atom stereocenters. The number of likely N-dealkylation sites (tertiary alicyclic amines) is 1. The summed E-state index contributed by atoms with van der Waals surface area (Å²) < 4.78 is 5.44. The van der Waals surface area contributed by atoms with E-state index in [4.69, 9.17) is 4.74 Å². The number of hydrogen-bond acceptors (Lipinski definition) is 3. The predicted molar refractivity (Wildman–Crippen MR) is 108 cm³/mol. The van der Waals surface area contributed by atoms with Crippen LogP contribution < -0.4 is 4.74 Å². The van der Waals surface area contributed by atoms with Gasteiger partial charge in [-0.15, -0.1) is 0 Å². The summed E-state index contributed by atoms with van der Waals surface area (Å²) in [4.78, 5) is 20.8. The van der Waals surface area contributed by atoms with Gasteiger partial charge in [-0.05, 0) is 56.0 Å². The fraction of sp³-hybridized carbons (Fsp3) is 0.591. The van der Waals surface area contributed by atoms with Gasteiger partial charge in [-0.1, -0.05) is 13.8 Å². The third kappa shape index (κ3) is 3.02. The molecule has 2 aromatic rings. The van der Waals surface area contributed by atoms with Crippen LogP contribution in [-0.2, 0) is 16.8 Å². The van der Waals surface area contributed by atoms with Crippen LogP contribution in [0.3, 0.4) is 0 Å². The lowest BCUT2D eigenvalue weighted by atomic mass is 9.77. The Kier molecular flexibility index (Phi) is 4.66. The fourth-order valence-electron chi connectivity index (χ4n) is 4.93. The minimum atomic E-state index is 0.00838. The van der Waals surface area contributed by atoms with Crippen molar-refractivity contribution in [2.24, 2.45) is 5.92 Å². The van der Waals surface area contributed by atoms with Crippen molar-refractivity contribution in [3.63, 3.8) is 0 Å². The molecular weight excluding hydrogens is 338 g/mol. The molecule has 1 aromatic heterocycles. The summed E-state index contributed by atoms with van der Waals surface area (Å²) >= 11 is 0. The van der Waals surface area contributed by atoms with E-state index in [1.54, 1.807) is 7.11 Å². The fourth-order valence-corrected chi connectivity index (χ4v) is 4.93. The second-order valence-corrected chi connectivity index (χ2v) is 8.57. The number of nitrogens with one attached hydrogen (secondary N) is 1. The number of piperidine rings is 1. The SMILES string of the molecule is COc1ccc2[nH]c3c(c2c1)CCN(C)C31CCN(C(=O)CC(C)C)CC1. The largest absolute Gasteiger partial charge is 0.497 e. The van der Waals surface area contributed by atoms with E-state index in [9.17, 15) is 4.79 Å². The first-order valence-corrected chi connectivity index (χ1v) is 10.1. The van der Waals surface area contributed by atoms with Gasteiger partial charge < -0.3 is 14.6 Å². The maximum Gasteiger partial charge on any atom is 0.222 e. The van der Waals surface area contributed by atoms with Crippen molar-refractivity contribution in [3.05, 3.63) is 29.5 Å². The number of aromatic amines is 1. The molecule has 0 bridgehead atoms. The van der Waals surface area contributed by atoms with Crippen LogP contribution in [0.5, 0.6) is 5.75 Å². The zero-order valence-electron chi connectivity index (χ0n) is 17.0. The number of aromatic nitrogens is 1. The minimum Gasteiger partial charge on any atom is -0.497 e. The molecule has 1 amide bonds. The molecular formula is C22H31N3O2. The number of nitrogens with zero attached hydrogens (tertiary/aromatic N) is 2. The van der Waals surface area contributed by atoms with Crippen molar-refractivity contribution in [2.45, 2.75) is 45.1 Å². The molecule has 0 unspecified atom stereocenters. The Bertz CT molecular complexity index is 847. The molecule has 3 heterocycles. The number of likely N-dealkylation sites (N-methyl/N-ethyl adjacent to an activating group) is 1. The van der Waals surface area contributed by atoms with Crippen molar-refractivity contribution < 1.29 is 9.53 Å². The van der Waals surface area contributed by atoms with Gasteiger partial charge in [0.2, 0.25) is 5.91 Å². The quantitative estimate of drug-likeness (QED) is 0.900. The molecule has 5 heteroatoms. The van der Waals surface area contributed by atoms with E-state index in [0.29, 0.717) is 18.2 Å². The Morgan fingerprint density at radius 2 is 2.00 bits per heavy atom. The van der Waals surface area contributed by atoms with Gasteiger partial charge in [0.1, 0.15) is 5.75 Å². The highest BCUT2D eigenvalue weighted by molar-refractivity contribution is 5.87. The van der Waals surface area contributed by atoms with E-state index in [-0.39, 0.29) is 5.54 Å². The number of methoxy groups -OCH3 is 1. The van der Waals surface area contributed by atoms with Crippen LogP contribution in [-0.4, -0.2) is 54.5 Å². The molecule has 1 saturated heterocycles. The lowest BCUT2D eigenvalue weighted by Crippen LogP contribution is -2.55. The summed E-state index contributed by atoms with van der Waals surface area (Å²) in [5, 5.41) is 1.29. The molecule has 1 fully saturated rings. The summed E-state index contributed by atoms with van der Waals surface area (Å²) in [6.07, 6.45) is 3.69. The number of carbonyl (C=O) groups excluding carboxylic acids is 1. The molecule has 1 spiro atoms. The van der Waals surface area contributed by atoms with Gasteiger partial charge in [-0.2, -0.15) is 0 Å². The van der Waals surface area contributed by atoms with E-state index in [1.165, 1.54) is 22.2 Å². The van der Waals surface area contributed by atoms with Gasteiger partial charge in [0, 0.05) is 42.7 Å². The Labute approximate surface area is 161 Å². The third-order valence-corrected chi connectivity index (χ3v) is 6.53. The van der Waals surface area contributed by atoms with Crippen LogP contribution in [0.1, 0.15) is 44.4 Å². The molecule has 2 aliphatic rings. The first-order valence-electron chi connectivity index (χ1n) is 10.1. The normalized spacial score (nSPS) is 19.7. The average molecular weight is 370 g/mol. The van der Waals surface area contributed by atoms with Crippen LogP contribution in [0, 0.1) is 5.92 Å². The lowest BCUT2D eigenvalue weighted by molar-refractivity contribution is -0.135. The number of rotatable bonds is 3. The van der Waals surface area contributed by atoms with E-state index in [0.717, 1.165) is 44.6 Å². The minimum absolute atomic E-state index is 0.00838. The van der Waals surface area contributed by atoms with Crippen molar-refractivity contribution in [2.75, 3.05) is 33.8 Å². The topological polar surface area (TPSA) is 48.6 Å². The zero-order valence-corrected chi connectivity index (χ0v) is 17.0. The molecule has 146 valence electrons. The van der Waals surface area contributed by atoms with Crippen molar-refractivity contribution in [1.29, 1.82) is 0 Å². The summed E-state index contributed by atoms with van der Waals surface area (Å²) in [6.45, 7) is 6.96. The molecule has 0 aliphatic carbocycles. The van der Waals surface area contributed by atoms with Crippen LogP contribution in [0.2, 0.25) is 0 Å². The number of hydrogen-bond donors (Lipinski definition) is 1. The average Bonchev–Trinajstić information content (AvgIpc) is 3.03. The summed E-state index contributed by atoms with van der Waals surface area (Å²) in [5.74, 6) is 1.63. The Morgan fingerprint density at radius 1 is 1.26 bits per heavy atom. The van der Waals surface area contributed by atoms with E-state index >= 15 is 0 Å². The molecule has 5 nitrogen and oxygen atoms in total. The standard InChI is InChI=1S/C22H31N3O2/c1-15(2)13-20(26)25-11-8-22(9-12-25)21-17(7-10-24(22)3)18-14-16(27-4)5-6-19(18)23-21/h5-6,14-15,23H,7-13H2,1-4H3. The first-order chi connectivity index (χ1) is 12.9. The molecule has 1 N–H and O–H groups in total. The lowest BCUT2D eigenvalue weighted by Gasteiger charge is -2.50. The van der Waals surface area contributed by atoms with Gasteiger partial charge in [0.25, 0.3) is 0 Å². The van der Waals surface area contributed by atoms with E-state index < -0.39 is 0 Å². The maximum atomic E-state index is 12.5. The van der Waals surface area contributed by atoms with Crippen LogP contribution >= 0.6 is 0 Å². The van der Waals surface area contributed by atoms with Crippen LogP contribution in [0.25, 0.3) is 10.9 Å². The second-order valence-electron chi connectivity index (χ2n) is 8.57. The Hall–Kier alpha value is -2.01. The van der Waals surface area contributed by atoms with E-state index in [1.807, 2.05) is 6.07 Å². The van der Waals surface area contributed by atoms with Crippen molar-refractivity contribution in [1.82, 2.24) is 14.8 Å². The third-order valence-electron chi connectivity index (χ3n) is 6.53. The number of fused-ring (bicyclic) bond motifs is 4. The molecule has 0 saturated carbocycles. The van der Waals surface area contributed by atoms with Gasteiger partial charge in [-0.25, -0.2) is 0 Å². The Balaban J connectivity index is 1.66. The number of amides is 1. The molecule has 1 aromatic carbocycles. The molecule has 2 aliphatic heterocycles. The highest BCUT2D eigenvalue weighted by Crippen LogP contribution is 2.45. The summed E-state index contributed by atoms with van der Waals surface area (Å²) in [6, 6.07) is 6.31. The van der Waals surface area contributed by atoms with Crippen LogP contribution in [0.4, 0.5) is 0 Å². The highest BCUT2D eigenvalue weighted by Gasteiger charge is 2.45. The number of benzene rings is 1. The second kappa shape index (κ2) is 6.86. The van der Waals surface area contributed by atoms with E-state index in [2.05, 4.69) is 47.8 Å². The number of H-pyrrole nitrogens is 1. The van der Waals surface area contributed by atoms with Gasteiger partial charge >= 0.3 is 0 Å². The first kappa shape index (κ1) is 18.4. The zero-order chi connectivity index (χ0) is 19.2. The van der Waals surface area contributed by atoms with Crippen molar-refractivity contribution >= 4 is 16.8 Å². The number of ether oxygens (including phenoxy) is 1. The number of carbonyl (C=O) groups is 1. The van der Waals surface area contributed by atoms with Crippen LogP contribution in [0.15, 0.2) is 18.2 Å². The van der Waals surface area contributed by atoms with Crippen molar-refractivity contribution in [3.8, 4) is 5.75 Å².